The fourth-order valence-corrected chi connectivity index (χ4v) is 3.40. The van der Waals surface area contributed by atoms with E-state index in [1.54, 1.807) is 31.4 Å². The van der Waals surface area contributed by atoms with E-state index in [-0.39, 0.29) is 11.4 Å². The van der Waals surface area contributed by atoms with E-state index in [0.29, 0.717) is 5.75 Å². The van der Waals surface area contributed by atoms with Crippen LogP contribution in [0.1, 0.15) is 12.5 Å². The van der Waals surface area contributed by atoms with Crippen LogP contribution in [0.15, 0.2) is 53.4 Å². The summed E-state index contributed by atoms with van der Waals surface area (Å²) in [6.45, 7) is 1.78. The molecule has 0 saturated heterocycles. The molecular formula is C18H22N2O5S. The molecule has 26 heavy (non-hydrogen) atoms. The summed E-state index contributed by atoms with van der Waals surface area (Å²) < 4.78 is 37.1. The number of amides is 1. The maximum absolute atomic E-state index is 12.3. The van der Waals surface area contributed by atoms with Crippen LogP contribution in [0.4, 0.5) is 0 Å². The Hall–Kier alpha value is -2.58. The van der Waals surface area contributed by atoms with Crippen LogP contribution < -0.4 is 19.5 Å². The zero-order valence-electron chi connectivity index (χ0n) is 14.9. The average Bonchev–Trinajstić information content (AvgIpc) is 2.66. The molecule has 2 N–H and O–H groups in total. The van der Waals surface area contributed by atoms with Gasteiger partial charge in [0.2, 0.25) is 15.9 Å². The molecule has 0 spiro atoms. The van der Waals surface area contributed by atoms with Gasteiger partial charge < -0.3 is 14.8 Å². The molecule has 2 aromatic rings. The summed E-state index contributed by atoms with van der Waals surface area (Å²) in [5.74, 6) is 0.854. The highest BCUT2D eigenvalue weighted by molar-refractivity contribution is 7.89. The lowest BCUT2D eigenvalue weighted by Gasteiger charge is -2.15. The molecule has 0 aliphatic heterocycles. The molecular weight excluding hydrogens is 356 g/mol. The number of rotatable bonds is 8. The molecule has 2 rings (SSSR count). The predicted molar refractivity (Wildman–Crippen MR) is 97.6 cm³/mol. The number of sulfonamides is 1. The van der Waals surface area contributed by atoms with Gasteiger partial charge in [0, 0.05) is 6.54 Å². The fraction of sp³-hybridized carbons (Fsp3) is 0.278. The molecule has 140 valence electrons. The van der Waals surface area contributed by atoms with Crippen molar-refractivity contribution in [2.24, 2.45) is 0 Å². The number of methoxy groups -OCH3 is 2. The van der Waals surface area contributed by atoms with Crippen LogP contribution in [-0.4, -0.2) is 34.6 Å². The third-order valence-electron chi connectivity index (χ3n) is 3.72. The molecule has 7 nitrogen and oxygen atoms in total. The van der Waals surface area contributed by atoms with Gasteiger partial charge in [-0.1, -0.05) is 12.1 Å². The van der Waals surface area contributed by atoms with Crippen molar-refractivity contribution in [1.82, 2.24) is 10.0 Å². The van der Waals surface area contributed by atoms with Crippen molar-refractivity contribution in [3.63, 3.8) is 0 Å². The van der Waals surface area contributed by atoms with Crippen LogP contribution in [0.3, 0.4) is 0 Å². The summed E-state index contributed by atoms with van der Waals surface area (Å²) in [5, 5.41) is 2.70. The molecule has 0 heterocycles. The first-order valence-corrected chi connectivity index (χ1v) is 9.41. The van der Waals surface area contributed by atoms with Gasteiger partial charge in [0.25, 0.3) is 0 Å². The largest absolute Gasteiger partial charge is 0.497 e. The van der Waals surface area contributed by atoms with Gasteiger partial charge in [0.05, 0.1) is 25.2 Å². The van der Waals surface area contributed by atoms with Gasteiger partial charge in [-0.2, -0.15) is 4.72 Å². The highest BCUT2D eigenvalue weighted by Crippen LogP contribution is 2.15. The molecule has 0 aliphatic rings. The second-order valence-electron chi connectivity index (χ2n) is 5.58. The Bertz CT molecular complexity index is 833. The summed E-state index contributed by atoms with van der Waals surface area (Å²) in [4.78, 5) is 12.2. The molecule has 1 atom stereocenters. The van der Waals surface area contributed by atoms with Gasteiger partial charge in [-0.25, -0.2) is 8.42 Å². The second kappa shape index (κ2) is 8.68. The Kier molecular flexibility index (Phi) is 6.59. The summed E-state index contributed by atoms with van der Waals surface area (Å²) in [5.41, 5.74) is 0.879. The van der Waals surface area contributed by atoms with E-state index >= 15 is 0 Å². The van der Waals surface area contributed by atoms with Crippen LogP contribution >= 0.6 is 0 Å². The smallest absolute Gasteiger partial charge is 0.241 e. The quantitative estimate of drug-likeness (QED) is 0.729. The highest BCUT2D eigenvalue weighted by Gasteiger charge is 2.21. The monoisotopic (exact) mass is 378 g/mol. The lowest BCUT2D eigenvalue weighted by Crippen LogP contribution is -2.44. The Balaban J connectivity index is 1.94. The van der Waals surface area contributed by atoms with Crippen LogP contribution in [0.25, 0.3) is 0 Å². The lowest BCUT2D eigenvalue weighted by atomic mass is 10.2. The van der Waals surface area contributed by atoms with Crippen molar-refractivity contribution in [2.45, 2.75) is 24.4 Å². The van der Waals surface area contributed by atoms with Crippen molar-refractivity contribution in [3.8, 4) is 11.5 Å². The molecule has 0 aliphatic carbocycles. The lowest BCUT2D eigenvalue weighted by molar-refractivity contribution is -0.122. The molecule has 0 saturated carbocycles. The van der Waals surface area contributed by atoms with Crippen LogP contribution in [0.5, 0.6) is 11.5 Å². The van der Waals surface area contributed by atoms with Gasteiger partial charge in [0.1, 0.15) is 11.5 Å². The zero-order valence-corrected chi connectivity index (χ0v) is 15.7. The van der Waals surface area contributed by atoms with Crippen molar-refractivity contribution >= 4 is 15.9 Å². The third-order valence-corrected chi connectivity index (χ3v) is 5.28. The van der Waals surface area contributed by atoms with Crippen molar-refractivity contribution < 1.29 is 22.7 Å². The number of carbonyl (C=O) groups is 1. The Morgan fingerprint density at radius 3 is 1.96 bits per heavy atom. The molecule has 0 bridgehead atoms. The van der Waals surface area contributed by atoms with Crippen LogP contribution in [-0.2, 0) is 21.4 Å². The van der Waals surface area contributed by atoms with Crippen molar-refractivity contribution in [1.29, 1.82) is 0 Å². The normalized spacial score (nSPS) is 12.3. The number of hydrogen-bond acceptors (Lipinski definition) is 5. The highest BCUT2D eigenvalue weighted by atomic mass is 32.2. The van der Waals surface area contributed by atoms with E-state index in [9.17, 15) is 13.2 Å². The molecule has 1 amide bonds. The van der Waals surface area contributed by atoms with E-state index in [1.807, 2.05) is 12.1 Å². The third kappa shape index (κ3) is 5.21. The second-order valence-corrected chi connectivity index (χ2v) is 7.30. The molecule has 8 heteroatoms. The van der Waals surface area contributed by atoms with Gasteiger partial charge in [0.15, 0.2) is 0 Å². The van der Waals surface area contributed by atoms with Crippen LogP contribution in [0.2, 0.25) is 0 Å². The Morgan fingerprint density at radius 2 is 1.46 bits per heavy atom. The predicted octanol–water partition coefficient (Wildman–Crippen LogP) is 1.69. The van der Waals surface area contributed by atoms with E-state index < -0.39 is 22.0 Å². The minimum atomic E-state index is -3.80. The summed E-state index contributed by atoms with van der Waals surface area (Å²) in [7, 11) is -0.731. The molecule has 2 aromatic carbocycles. The van der Waals surface area contributed by atoms with E-state index in [1.165, 1.54) is 26.2 Å². The maximum atomic E-state index is 12.3. The van der Waals surface area contributed by atoms with Crippen molar-refractivity contribution in [3.05, 3.63) is 54.1 Å². The molecule has 1 unspecified atom stereocenters. The van der Waals surface area contributed by atoms with E-state index in [4.69, 9.17) is 9.47 Å². The SMILES string of the molecule is COc1ccc(CNC(=O)C(C)NS(=O)(=O)c2ccc(OC)cc2)cc1. The number of ether oxygens (including phenoxy) is 2. The number of benzene rings is 2. The minimum Gasteiger partial charge on any atom is -0.497 e. The van der Waals surface area contributed by atoms with E-state index in [2.05, 4.69) is 10.0 Å². The first-order chi connectivity index (χ1) is 12.4. The number of carbonyl (C=O) groups excluding carboxylic acids is 1. The first-order valence-electron chi connectivity index (χ1n) is 7.92. The summed E-state index contributed by atoms with van der Waals surface area (Å²) >= 11 is 0. The van der Waals surface area contributed by atoms with Crippen molar-refractivity contribution in [2.75, 3.05) is 14.2 Å². The minimum absolute atomic E-state index is 0.0631. The number of hydrogen-bond donors (Lipinski definition) is 2. The average molecular weight is 378 g/mol. The first kappa shape index (κ1) is 19.7. The molecule has 0 aromatic heterocycles. The van der Waals surface area contributed by atoms with Gasteiger partial charge in [-0.3, -0.25) is 4.79 Å². The number of nitrogens with one attached hydrogen (secondary N) is 2. The summed E-state index contributed by atoms with van der Waals surface area (Å²) in [6.07, 6.45) is 0. The fourth-order valence-electron chi connectivity index (χ4n) is 2.19. The van der Waals surface area contributed by atoms with Gasteiger partial charge >= 0.3 is 0 Å². The molecule has 0 radical (unpaired) electrons. The Labute approximate surface area is 153 Å². The standard InChI is InChI=1S/C18H22N2O5S/c1-13(18(21)19-12-14-4-6-15(24-2)7-5-14)20-26(22,23)17-10-8-16(25-3)9-11-17/h4-11,13,20H,12H2,1-3H3,(H,19,21). The maximum Gasteiger partial charge on any atom is 0.241 e. The van der Waals surface area contributed by atoms with Crippen LogP contribution in [0, 0.1) is 0 Å². The zero-order chi connectivity index (χ0) is 19.2. The topological polar surface area (TPSA) is 93.7 Å². The molecule has 0 fully saturated rings. The van der Waals surface area contributed by atoms with E-state index in [0.717, 1.165) is 11.3 Å². The Morgan fingerprint density at radius 1 is 0.962 bits per heavy atom. The van der Waals surface area contributed by atoms with Gasteiger partial charge in [-0.05, 0) is 48.9 Å². The summed E-state index contributed by atoms with van der Waals surface area (Å²) in [6, 6.07) is 12.2. The van der Waals surface area contributed by atoms with Gasteiger partial charge in [-0.15, -0.1) is 0 Å².